The molecule has 0 aliphatic heterocycles. The summed E-state index contributed by atoms with van der Waals surface area (Å²) in [6.07, 6.45) is 1.21. The topological polar surface area (TPSA) is 64.9 Å². The summed E-state index contributed by atoms with van der Waals surface area (Å²) in [5.41, 5.74) is 5.46. The molecule has 4 nitrogen and oxygen atoms in total. The molecular formula is C8H5ClFN3O. The summed E-state index contributed by atoms with van der Waals surface area (Å²) in [6, 6.07) is 2.79. The number of halogens is 2. The van der Waals surface area contributed by atoms with Crippen LogP contribution in [-0.4, -0.2) is 10.1 Å². The number of anilines is 1. The Balaban J connectivity index is 2.55. The van der Waals surface area contributed by atoms with Crippen LogP contribution < -0.4 is 5.73 Å². The first-order valence-corrected chi connectivity index (χ1v) is 4.08. The van der Waals surface area contributed by atoms with Crippen LogP contribution in [0.2, 0.25) is 5.02 Å². The summed E-state index contributed by atoms with van der Waals surface area (Å²) in [5.74, 6) is -0.292. The van der Waals surface area contributed by atoms with Crippen molar-refractivity contribution >= 4 is 17.4 Å². The van der Waals surface area contributed by atoms with Gasteiger partial charge in [-0.05, 0) is 6.07 Å². The zero-order valence-electron chi connectivity index (χ0n) is 6.87. The molecule has 0 fully saturated rings. The van der Waals surface area contributed by atoms with Gasteiger partial charge in [-0.2, -0.15) is 4.39 Å². The Labute approximate surface area is 83.5 Å². The van der Waals surface area contributed by atoms with Crippen LogP contribution in [0.4, 0.5) is 10.2 Å². The normalized spacial score (nSPS) is 10.4. The SMILES string of the molecule is Nc1cc(-c2cc(Cl)cnc2F)on1. The second-order valence-electron chi connectivity index (χ2n) is 2.61. The van der Waals surface area contributed by atoms with E-state index in [0.717, 1.165) is 0 Å². The number of hydrogen-bond acceptors (Lipinski definition) is 4. The molecule has 0 aliphatic rings. The molecule has 0 atom stereocenters. The largest absolute Gasteiger partial charge is 0.381 e. The lowest BCUT2D eigenvalue weighted by atomic mass is 10.2. The summed E-state index contributed by atoms with van der Waals surface area (Å²) >= 11 is 5.65. The first-order chi connectivity index (χ1) is 6.66. The van der Waals surface area contributed by atoms with Crippen molar-refractivity contribution in [2.24, 2.45) is 0 Å². The predicted molar refractivity (Wildman–Crippen MR) is 49.1 cm³/mol. The number of rotatable bonds is 1. The fourth-order valence-corrected chi connectivity index (χ4v) is 1.17. The average molecular weight is 214 g/mol. The van der Waals surface area contributed by atoms with E-state index in [4.69, 9.17) is 21.9 Å². The van der Waals surface area contributed by atoms with Gasteiger partial charge in [-0.15, -0.1) is 0 Å². The van der Waals surface area contributed by atoms with Crippen molar-refractivity contribution in [3.05, 3.63) is 29.3 Å². The minimum atomic E-state index is -0.675. The van der Waals surface area contributed by atoms with Crippen molar-refractivity contribution in [2.75, 3.05) is 5.73 Å². The van der Waals surface area contributed by atoms with Crippen molar-refractivity contribution in [1.82, 2.24) is 10.1 Å². The third-order valence-corrected chi connectivity index (χ3v) is 1.81. The molecule has 0 spiro atoms. The molecule has 0 saturated heterocycles. The fourth-order valence-electron chi connectivity index (χ4n) is 1.01. The predicted octanol–water partition coefficient (Wildman–Crippen LogP) is 2.11. The molecular weight excluding hydrogens is 209 g/mol. The van der Waals surface area contributed by atoms with Crippen LogP contribution >= 0.6 is 11.6 Å². The van der Waals surface area contributed by atoms with Gasteiger partial charge in [0.2, 0.25) is 5.95 Å². The van der Waals surface area contributed by atoms with Gasteiger partial charge in [-0.3, -0.25) is 0 Å². The van der Waals surface area contributed by atoms with Crippen molar-refractivity contribution in [2.45, 2.75) is 0 Å². The number of nitrogens with two attached hydrogens (primary N) is 1. The standard InChI is InChI=1S/C8H5ClFN3O/c9-4-1-5(8(10)12-3-4)6-2-7(11)13-14-6/h1-3H,(H2,11,13). The fraction of sp³-hybridized carbons (Fsp3) is 0. The molecule has 0 aromatic carbocycles. The van der Waals surface area contributed by atoms with Crippen LogP contribution in [0.5, 0.6) is 0 Å². The minimum absolute atomic E-state index is 0.140. The van der Waals surface area contributed by atoms with Gasteiger partial charge in [-0.25, -0.2) is 4.98 Å². The molecule has 0 unspecified atom stereocenters. The molecule has 0 bridgehead atoms. The maximum Gasteiger partial charge on any atom is 0.224 e. The quantitative estimate of drug-likeness (QED) is 0.737. The van der Waals surface area contributed by atoms with Gasteiger partial charge < -0.3 is 10.3 Å². The highest BCUT2D eigenvalue weighted by atomic mass is 35.5. The lowest BCUT2D eigenvalue weighted by Gasteiger charge is -1.96. The Kier molecular flexibility index (Phi) is 2.09. The van der Waals surface area contributed by atoms with Crippen molar-refractivity contribution < 1.29 is 8.91 Å². The molecule has 2 N–H and O–H groups in total. The van der Waals surface area contributed by atoms with Gasteiger partial charge in [-0.1, -0.05) is 16.8 Å². The molecule has 0 aliphatic carbocycles. The van der Waals surface area contributed by atoms with Crippen LogP contribution in [0.1, 0.15) is 0 Å². The van der Waals surface area contributed by atoms with Crippen LogP contribution in [0.15, 0.2) is 22.9 Å². The molecule has 2 aromatic rings. The summed E-state index contributed by atoms with van der Waals surface area (Å²) in [4.78, 5) is 3.44. The van der Waals surface area contributed by atoms with Gasteiger partial charge in [0.15, 0.2) is 11.6 Å². The monoisotopic (exact) mass is 213 g/mol. The zero-order chi connectivity index (χ0) is 10.1. The first kappa shape index (κ1) is 8.96. The van der Waals surface area contributed by atoms with Crippen molar-refractivity contribution in [1.29, 1.82) is 0 Å². The van der Waals surface area contributed by atoms with E-state index in [1.165, 1.54) is 18.3 Å². The molecule has 0 amide bonds. The molecule has 14 heavy (non-hydrogen) atoms. The Morgan fingerprint density at radius 1 is 1.43 bits per heavy atom. The van der Waals surface area contributed by atoms with Gasteiger partial charge in [0.05, 0.1) is 10.6 Å². The molecule has 72 valence electrons. The summed E-state index contributed by atoms with van der Waals surface area (Å²) in [5, 5.41) is 3.75. The lowest BCUT2D eigenvalue weighted by molar-refractivity contribution is 0.432. The average Bonchev–Trinajstić information content (AvgIpc) is 2.56. The molecule has 6 heteroatoms. The van der Waals surface area contributed by atoms with Gasteiger partial charge in [0, 0.05) is 12.3 Å². The van der Waals surface area contributed by atoms with E-state index in [-0.39, 0.29) is 17.1 Å². The van der Waals surface area contributed by atoms with Crippen LogP contribution in [0.3, 0.4) is 0 Å². The van der Waals surface area contributed by atoms with Gasteiger partial charge in [0.1, 0.15) is 0 Å². The minimum Gasteiger partial charge on any atom is -0.381 e. The van der Waals surface area contributed by atoms with E-state index < -0.39 is 5.95 Å². The molecule has 0 saturated carbocycles. The van der Waals surface area contributed by atoms with E-state index in [1.54, 1.807) is 0 Å². The Morgan fingerprint density at radius 2 is 2.21 bits per heavy atom. The number of aromatic nitrogens is 2. The molecule has 2 rings (SSSR count). The number of nitrogen functional groups attached to an aromatic ring is 1. The highest BCUT2D eigenvalue weighted by Gasteiger charge is 2.11. The Morgan fingerprint density at radius 3 is 2.86 bits per heavy atom. The summed E-state index contributed by atoms with van der Waals surface area (Å²) < 4.78 is 17.9. The van der Waals surface area contributed by atoms with Gasteiger partial charge in [0.25, 0.3) is 0 Å². The smallest absolute Gasteiger partial charge is 0.224 e. The Bertz CT molecular complexity index is 471. The third-order valence-electron chi connectivity index (χ3n) is 1.60. The van der Waals surface area contributed by atoms with E-state index in [2.05, 4.69) is 10.1 Å². The Hall–Kier alpha value is -1.62. The number of pyridine rings is 1. The van der Waals surface area contributed by atoms with E-state index >= 15 is 0 Å². The maximum absolute atomic E-state index is 13.2. The maximum atomic E-state index is 13.2. The number of hydrogen-bond donors (Lipinski definition) is 1. The third kappa shape index (κ3) is 1.54. The van der Waals surface area contributed by atoms with Crippen LogP contribution in [-0.2, 0) is 0 Å². The van der Waals surface area contributed by atoms with Crippen molar-refractivity contribution in [3.63, 3.8) is 0 Å². The van der Waals surface area contributed by atoms with Crippen LogP contribution in [0.25, 0.3) is 11.3 Å². The summed E-state index contributed by atoms with van der Waals surface area (Å²) in [7, 11) is 0. The highest BCUT2D eigenvalue weighted by molar-refractivity contribution is 6.30. The number of nitrogens with zero attached hydrogens (tertiary/aromatic N) is 2. The second kappa shape index (κ2) is 3.26. The van der Waals surface area contributed by atoms with Crippen molar-refractivity contribution in [3.8, 4) is 11.3 Å². The molecule has 0 radical (unpaired) electrons. The summed E-state index contributed by atoms with van der Waals surface area (Å²) in [6.45, 7) is 0. The first-order valence-electron chi connectivity index (χ1n) is 3.70. The van der Waals surface area contributed by atoms with E-state index in [9.17, 15) is 4.39 Å². The zero-order valence-corrected chi connectivity index (χ0v) is 7.62. The second-order valence-corrected chi connectivity index (χ2v) is 3.04. The molecule has 2 aromatic heterocycles. The van der Waals surface area contributed by atoms with E-state index in [1.807, 2.05) is 0 Å². The van der Waals surface area contributed by atoms with Gasteiger partial charge >= 0.3 is 0 Å². The molecule has 2 heterocycles. The highest BCUT2D eigenvalue weighted by Crippen LogP contribution is 2.25. The van der Waals surface area contributed by atoms with Crippen LogP contribution in [0, 0.1) is 5.95 Å². The van der Waals surface area contributed by atoms with E-state index in [0.29, 0.717) is 5.02 Å². The lowest BCUT2D eigenvalue weighted by Crippen LogP contribution is -1.87.